The van der Waals surface area contributed by atoms with E-state index in [1.165, 1.54) is 50.5 Å². The molecule has 1 aliphatic carbocycles. The highest BCUT2D eigenvalue weighted by Crippen LogP contribution is 2.45. The van der Waals surface area contributed by atoms with E-state index >= 15 is 0 Å². The fourth-order valence-corrected chi connectivity index (χ4v) is 4.00. The van der Waals surface area contributed by atoms with Crippen molar-refractivity contribution < 1.29 is 0 Å². The van der Waals surface area contributed by atoms with Gasteiger partial charge >= 0.3 is 0 Å². The molecule has 2 heterocycles. The van der Waals surface area contributed by atoms with Crippen LogP contribution in [0.5, 0.6) is 0 Å². The van der Waals surface area contributed by atoms with E-state index < -0.39 is 0 Å². The van der Waals surface area contributed by atoms with Crippen LogP contribution in [0, 0.1) is 12.3 Å². The van der Waals surface area contributed by atoms with E-state index in [0.29, 0.717) is 12.0 Å². The molecule has 1 saturated carbocycles. The first-order chi connectivity index (χ1) is 9.72. The Bertz CT molecular complexity index is 453. The van der Waals surface area contributed by atoms with Crippen molar-refractivity contribution in [3.05, 3.63) is 23.4 Å². The van der Waals surface area contributed by atoms with Gasteiger partial charge in [0.05, 0.1) is 0 Å². The molecule has 0 atom stereocenters. The quantitative estimate of drug-likeness (QED) is 0.898. The molecule has 2 aliphatic rings. The molecule has 20 heavy (non-hydrogen) atoms. The summed E-state index contributed by atoms with van der Waals surface area (Å²) in [6.07, 6.45) is 9.91. The highest BCUT2D eigenvalue weighted by atomic mass is 15.2. The fraction of sp³-hybridized carbons (Fsp3) is 0.706. The summed E-state index contributed by atoms with van der Waals surface area (Å²) >= 11 is 0. The normalized spacial score (nSPS) is 22.2. The van der Waals surface area contributed by atoms with Crippen molar-refractivity contribution in [2.45, 2.75) is 58.4 Å². The van der Waals surface area contributed by atoms with Gasteiger partial charge in [-0.05, 0) is 44.1 Å². The lowest BCUT2D eigenvalue weighted by Gasteiger charge is -2.45. The maximum Gasteiger partial charge on any atom is 0.133 e. The summed E-state index contributed by atoms with van der Waals surface area (Å²) in [5.41, 5.74) is 8.81. The first-order valence-corrected chi connectivity index (χ1v) is 8.14. The van der Waals surface area contributed by atoms with Crippen molar-refractivity contribution in [2.24, 2.45) is 11.1 Å². The van der Waals surface area contributed by atoms with Gasteiger partial charge in [-0.3, -0.25) is 0 Å². The molecule has 2 N–H and O–H groups in total. The minimum atomic E-state index is 0.588. The van der Waals surface area contributed by atoms with Crippen LogP contribution in [-0.2, 0) is 6.54 Å². The number of rotatable bonds is 2. The molecule has 3 rings (SSSR count). The number of pyridine rings is 1. The van der Waals surface area contributed by atoms with Crippen LogP contribution < -0.4 is 10.6 Å². The summed E-state index contributed by atoms with van der Waals surface area (Å²) in [4.78, 5) is 7.21. The third-order valence-electron chi connectivity index (χ3n) is 5.35. The predicted molar refractivity (Wildman–Crippen MR) is 83.8 cm³/mol. The Balaban J connectivity index is 1.73. The molecule has 1 spiro atoms. The Kier molecular flexibility index (Phi) is 3.97. The number of hydrogen-bond acceptors (Lipinski definition) is 3. The summed E-state index contributed by atoms with van der Waals surface area (Å²) in [6.45, 7) is 4.97. The second-order valence-electron chi connectivity index (χ2n) is 6.69. The number of aryl methyl sites for hydroxylation is 1. The lowest BCUT2D eigenvalue weighted by Crippen LogP contribution is -2.42. The van der Waals surface area contributed by atoms with Gasteiger partial charge in [-0.25, -0.2) is 4.98 Å². The van der Waals surface area contributed by atoms with Crippen molar-refractivity contribution >= 4 is 5.82 Å². The molecular formula is C17H27N3. The Morgan fingerprint density at radius 2 is 1.80 bits per heavy atom. The standard InChI is InChI=1S/C17H27N3/c1-14-5-6-15(13-18)16(19-14)20-11-9-17(10-12-20)7-3-2-4-8-17/h5-6H,2-4,7-13,18H2,1H3. The van der Waals surface area contributed by atoms with Gasteiger partial charge < -0.3 is 10.6 Å². The zero-order chi connectivity index (χ0) is 14.0. The van der Waals surface area contributed by atoms with Gasteiger partial charge in [-0.1, -0.05) is 25.3 Å². The highest BCUT2D eigenvalue weighted by molar-refractivity contribution is 5.48. The van der Waals surface area contributed by atoms with Crippen LogP contribution in [0.4, 0.5) is 5.82 Å². The van der Waals surface area contributed by atoms with E-state index in [9.17, 15) is 0 Å². The van der Waals surface area contributed by atoms with Gasteiger partial charge in [0.15, 0.2) is 0 Å². The van der Waals surface area contributed by atoms with Crippen molar-refractivity contribution in [3.63, 3.8) is 0 Å². The molecule has 0 amide bonds. The van der Waals surface area contributed by atoms with Crippen LogP contribution in [0.25, 0.3) is 0 Å². The van der Waals surface area contributed by atoms with E-state index in [1.54, 1.807) is 0 Å². The SMILES string of the molecule is Cc1ccc(CN)c(N2CCC3(CCCCC3)CC2)n1. The third kappa shape index (κ3) is 2.69. The van der Waals surface area contributed by atoms with Crippen LogP contribution in [0.1, 0.15) is 56.2 Å². The average molecular weight is 273 g/mol. The molecule has 0 unspecified atom stereocenters. The lowest BCUT2D eigenvalue weighted by molar-refractivity contribution is 0.144. The van der Waals surface area contributed by atoms with E-state index in [2.05, 4.69) is 24.0 Å². The Labute approximate surface area is 122 Å². The first kappa shape index (κ1) is 13.9. The molecule has 2 fully saturated rings. The molecule has 0 aromatic carbocycles. The summed E-state index contributed by atoms with van der Waals surface area (Å²) in [6, 6.07) is 4.21. The maximum atomic E-state index is 5.88. The van der Waals surface area contributed by atoms with Crippen molar-refractivity contribution in [1.82, 2.24) is 4.98 Å². The predicted octanol–water partition coefficient (Wildman–Crippen LogP) is 3.40. The number of anilines is 1. The molecule has 1 aliphatic heterocycles. The van der Waals surface area contributed by atoms with Gasteiger partial charge in [0.2, 0.25) is 0 Å². The molecule has 1 aromatic rings. The average Bonchev–Trinajstić information content (AvgIpc) is 2.49. The Hall–Kier alpha value is -1.09. The molecule has 1 saturated heterocycles. The number of nitrogens with zero attached hydrogens (tertiary/aromatic N) is 2. The van der Waals surface area contributed by atoms with Gasteiger partial charge in [0.1, 0.15) is 5.82 Å². The molecule has 0 bridgehead atoms. The molecule has 1 aromatic heterocycles. The fourth-order valence-electron chi connectivity index (χ4n) is 4.00. The molecule has 110 valence electrons. The summed E-state index contributed by atoms with van der Waals surface area (Å²) in [7, 11) is 0. The largest absolute Gasteiger partial charge is 0.356 e. The summed E-state index contributed by atoms with van der Waals surface area (Å²) in [5.74, 6) is 1.14. The van der Waals surface area contributed by atoms with Crippen molar-refractivity contribution in [2.75, 3.05) is 18.0 Å². The maximum absolute atomic E-state index is 5.88. The highest BCUT2D eigenvalue weighted by Gasteiger charge is 2.36. The monoisotopic (exact) mass is 273 g/mol. The smallest absolute Gasteiger partial charge is 0.133 e. The Morgan fingerprint density at radius 1 is 1.10 bits per heavy atom. The summed E-state index contributed by atoms with van der Waals surface area (Å²) in [5, 5.41) is 0. The molecule has 3 nitrogen and oxygen atoms in total. The van der Waals surface area contributed by atoms with Crippen molar-refractivity contribution in [3.8, 4) is 0 Å². The molecular weight excluding hydrogens is 246 g/mol. The second-order valence-corrected chi connectivity index (χ2v) is 6.69. The van der Waals surface area contributed by atoms with Gasteiger partial charge in [-0.2, -0.15) is 0 Å². The molecule has 0 radical (unpaired) electrons. The second kappa shape index (κ2) is 5.72. The van der Waals surface area contributed by atoms with E-state index in [-0.39, 0.29) is 0 Å². The van der Waals surface area contributed by atoms with Crippen LogP contribution in [-0.4, -0.2) is 18.1 Å². The summed E-state index contributed by atoms with van der Waals surface area (Å²) < 4.78 is 0. The minimum absolute atomic E-state index is 0.588. The van der Waals surface area contributed by atoms with E-state index in [4.69, 9.17) is 10.7 Å². The zero-order valence-corrected chi connectivity index (χ0v) is 12.7. The van der Waals surface area contributed by atoms with E-state index in [0.717, 1.165) is 24.6 Å². The van der Waals surface area contributed by atoms with Gasteiger partial charge in [0.25, 0.3) is 0 Å². The number of aromatic nitrogens is 1. The van der Waals surface area contributed by atoms with Crippen LogP contribution in [0.15, 0.2) is 12.1 Å². The number of piperidine rings is 1. The van der Waals surface area contributed by atoms with Crippen molar-refractivity contribution in [1.29, 1.82) is 0 Å². The topological polar surface area (TPSA) is 42.1 Å². The van der Waals surface area contributed by atoms with Crippen LogP contribution in [0.3, 0.4) is 0 Å². The molecule has 3 heteroatoms. The van der Waals surface area contributed by atoms with Crippen LogP contribution >= 0.6 is 0 Å². The number of nitrogens with two attached hydrogens (primary N) is 1. The first-order valence-electron chi connectivity index (χ1n) is 8.14. The zero-order valence-electron chi connectivity index (χ0n) is 12.7. The minimum Gasteiger partial charge on any atom is -0.356 e. The van der Waals surface area contributed by atoms with Gasteiger partial charge in [-0.15, -0.1) is 0 Å². The Morgan fingerprint density at radius 3 is 2.45 bits per heavy atom. The number of hydrogen-bond donors (Lipinski definition) is 1. The van der Waals surface area contributed by atoms with Crippen LogP contribution in [0.2, 0.25) is 0 Å². The van der Waals surface area contributed by atoms with E-state index in [1.807, 2.05) is 0 Å². The van der Waals surface area contributed by atoms with Gasteiger partial charge in [0, 0.05) is 30.9 Å². The lowest BCUT2D eigenvalue weighted by atomic mass is 9.68. The third-order valence-corrected chi connectivity index (χ3v) is 5.35.